The average molecular weight is 242 g/mol. The van der Waals surface area contributed by atoms with Crippen LogP contribution in [0.2, 0.25) is 0 Å². The number of aliphatic hydroxyl groups is 2. The molecule has 5 atom stereocenters. The largest absolute Gasteiger partial charge is 0.393 e. The van der Waals surface area contributed by atoms with Crippen molar-refractivity contribution >= 4 is 0 Å². The minimum absolute atomic E-state index is 0.225. The van der Waals surface area contributed by atoms with Crippen LogP contribution >= 0.6 is 0 Å². The van der Waals surface area contributed by atoms with Crippen molar-refractivity contribution in [1.82, 2.24) is 0 Å². The Morgan fingerprint density at radius 3 is 2.71 bits per heavy atom. The van der Waals surface area contributed by atoms with Gasteiger partial charge in [-0.25, -0.2) is 0 Å². The first-order chi connectivity index (χ1) is 8.12. The summed E-state index contributed by atoms with van der Waals surface area (Å²) in [5.41, 5.74) is 0. The van der Waals surface area contributed by atoms with Crippen molar-refractivity contribution in [3.63, 3.8) is 0 Å². The quantitative estimate of drug-likeness (QED) is 0.772. The first-order valence-corrected chi connectivity index (χ1v) is 6.76. The molecule has 0 amide bonds. The highest BCUT2D eigenvalue weighted by atomic mass is 16.7. The van der Waals surface area contributed by atoms with Gasteiger partial charge in [0.2, 0.25) is 0 Å². The standard InChI is InChI=1S/C13H22O4/c1-8(14)2-3-9-6-11-10(12(9)15)7-13(11)16-4-5-17-13/h8-12,14-15H,2-7H2,1H3. The number of ether oxygens (including phenoxy) is 2. The SMILES string of the molecule is CC(O)CCC1CC2C(CC23OCCO3)C1O. The molecule has 2 N–H and O–H groups in total. The van der Waals surface area contributed by atoms with Crippen molar-refractivity contribution < 1.29 is 19.7 Å². The maximum atomic E-state index is 10.2. The van der Waals surface area contributed by atoms with Crippen LogP contribution in [0.4, 0.5) is 0 Å². The molecule has 0 aromatic carbocycles. The van der Waals surface area contributed by atoms with Crippen LogP contribution in [0.15, 0.2) is 0 Å². The molecule has 1 aliphatic heterocycles. The topological polar surface area (TPSA) is 58.9 Å². The Balaban J connectivity index is 1.60. The molecular formula is C13H22O4. The summed E-state index contributed by atoms with van der Waals surface area (Å²) in [6, 6.07) is 0. The summed E-state index contributed by atoms with van der Waals surface area (Å²) in [6.45, 7) is 3.19. The van der Waals surface area contributed by atoms with Gasteiger partial charge in [-0.15, -0.1) is 0 Å². The van der Waals surface area contributed by atoms with Crippen molar-refractivity contribution in [2.24, 2.45) is 17.8 Å². The highest BCUT2D eigenvalue weighted by Crippen LogP contribution is 2.59. The van der Waals surface area contributed by atoms with Gasteiger partial charge in [0, 0.05) is 12.3 Å². The predicted molar refractivity (Wildman–Crippen MR) is 61.3 cm³/mol. The fraction of sp³-hybridized carbons (Fsp3) is 1.00. The Kier molecular flexibility index (Phi) is 2.94. The van der Waals surface area contributed by atoms with Gasteiger partial charge < -0.3 is 19.7 Å². The first-order valence-electron chi connectivity index (χ1n) is 6.76. The summed E-state index contributed by atoms with van der Waals surface area (Å²) < 4.78 is 11.5. The van der Waals surface area contributed by atoms with Crippen molar-refractivity contribution in [3.05, 3.63) is 0 Å². The molecule has 17 heavy (non-hydrogen) atoms. The zero-order valence-corrected chi connectivity index (χ0v) is 10.3. The molecule has 0 aromatic rings. The van der Waals surface area contributed by atoms with Gasteiger partial charge in [0.15, 0.2) is 5.79 Å². The van der Waals surface area contributed by atoms with Gasteiger partial charge in [0.1, 0.15) is 0 Å². The molecule has 1 spiro atoms. The van der Waals surface area contributed by atoms with Crippen LogP contribution in [0.25, 0.3) is 0 Å². The zero-order chi connectivity index (χ0) is 12.0. The van der Waals surface area contributed by atoms with Gasteiger partial charge in [-0.2, -0.15) is 0 Å². The molecule has 1 heterocycles. The monoisotopic (exact) mass is 242 g/mol. The molecule has 0 bridgehead atoms. The molecule has 0 radical (unpaired) electrons. The van der Waals surface area contributed by atoms with Crippen LogP contribution in [-0.4, -0.2) is 41.4 Å². The molecule has 2 saturated carbocycles. The Labute approximate surface area is 102 Å². The first kappa shape index (κ1) is 11.9. The summed E-state index contributed by atoms with van der Waals surface area (Å²) >= 11 is 0. The van der Waals surface area contributed by atoms with Gasteiger partial charge in [-0.1, -0.05) is 0 Å². The molecule has 3 aliphatic rings. The van der Waals surface area contributed by atoms with Gasteiger partial charge in [0.05, 0.1) is 25.4 Å². The Morgan fingerprint density at radius 2 is 2.06 bits per heavy atom. The Morgan fingerprint density at radius 1 is 1.35 bits per heavy atom. The van der Waals surface area contributed by atoms with E-state index in [1.807, 2.05) is 0 Å². The zero-order valence-electron chi connectivity index (χ0n) is 10.3. The van der Waals surface area contributed by atoms with E-state index in [2.05, 4.69) is 0 Å². The summed E-state index contributed by atoms with van der Waals surface area (Å²) in [5.74, 6) is 0.684. The third kappa shape index (κ3) is 1.82. The fourth-order valence-corrected chi connectivity index (χ4v) is 3.86. The molecule has 1 saturated heterocycles. The molecule has 5 unspecified atom stereocenters. The van der Waals surface area contributed by atoms with E-state index in [4.69, 9.17) is 9.47 Å². The van der Waals surface area contributed by atoms with Crippen LogP contribution in [-0.2, 0) is 9.47 Å². The average Bonchev–Trinajstić information content (AvgIpc) is 2.83. The summed E-state index contributed by atoms with van der Waals surface area (Å²) in [5, 5.41) is 19.6. The van der Waals surface area contributed by atoms with E-state index in [0.29, 0.717) is 31.0 Å². The molecule has 98 valence electrons. The van der Waals surface area contributed by atoms with Crippen molar-refractivity contribution in [3.8, 4) is 0 Å². The molecule has 4 heteroatoms. The lowest BCUT2D eigenvalue weighted by Gasteiger charge is -2.48. The summed E-state index contributed by atoms with van der Waals surface area (Å²) in [6.07, 6.45) is 3.02. The van der Waals surface area contributed by atoms with Crippen molar-refractivity contribution in [1.29, 1.82) is 0 Å². The minimum atomic E-state index is -0.356. The second-order valence-corrected chi connectivity index (χ2v) is 5.90. The third-order valence-corrected chi connectivity index (χ3v) is 4.81. The lowest BCUT2D eigenvalue weighted by molar-refractivity contribution is -0.275. The van der Waals surface area contributed by atoms with Crippen molar-refractivity contribution in [2.45, 2.75) is 50.6 Å². The molecule has 3 rings (SSSR count). The van der Waals surface area contributed by atoms with Gasteiger partial charge in [-0.05, 0) is 38.0 Å². The van der Waals surface area contributed by atoms with E-state index in [0.717, 1.165) is 25.7 Å². The highest BCUT2D eigenvalue weighted by Gasteiger charge is 2.64. The van der Waals surface area contributed by atoms with E-state index in [1.165, 1.54) is 0 Å². The van der Waals surface area contributed by atoms with E-state index in [-0.39, 0.29) is 18.0 Å². The van der Waals surface area contributed by atoms with Crippen LogP contribution in [0.5, 0.6) is 0 Å². The normalized spacial score (nSPS) is 44.6. The third-order valence-electron chi connectivity index (χ3n) is 4.81. The second-order valence-electron chi connectivity index (χ2n) is 5.90. The van der Waals surface area contributed by atoms with Crippen LogP contribution < -0.4 is 0 Å². The molecule has 0 aromatic heterocycles. The van der Waals surface area contributed by atoms with Crippen LogP contribution in [0.1, 0.15) is 32.6 Å². The lowest BCUT2D eigenvalue weighted by Crippen LogP contribution is -2.54. The number of rotatable bonds is 3. The van der Waals surface area contributed by atoms with E-state index in [9.17, 15) is 10.2 Å². The molecular weight excluding hydrogens is 220 g/mol. The number of aliphatic hydroxyl groups excluding tert-OH is 2. The molecule has 4 nitrogen and oxygen atoms in total. The Bertz CT molecular complexity index is 285. The smallest absolute Gasteiger partial charge is 0.172 e. The van der Waals surface area contributed by atoms with E-state index >= 15 is 0 Å². The Hall–Kier alpha value is -0.160. The van der Waals surface area contributed by atoms with E-state index < -0.39 is 0 Å². The number of hydrogen-bond acceptors (Lipinski definition) is 4. The predicted octanol–water partition coefficient (Wildman–Crippen LogP) is 0.907. The minimum Gasteiger partial charge on any atom is -0.393 e. The fourth-order valence-electron chi connectivity index (χ4n) is 3.86. The van der Waals surface area contributed by atoms with Gasteiger partial charge in [0.25, 0.3) is 0 Å². The van der Waals surface area contributed by atoms with E-state index in [1.54, 1.807) is 6.92 Å². The molecule has 3 fully saturated rings. The van der Waals surface area contributed by atoms with Gasteiger partial charge in [-0.3, -0.25) is 0 Å². The summed E-state index contributed by atoms with van der Waals surface area (Å²) in [7, 11) is 0. The second kappa shape index (κ2) is 4.19. The number of hydrogen-bond donors (Lipinski definition) is 2. The van der Waals surface area contributed by atoms with Crippen LogP contribution in [0, 0.1) is 17.8 Å². The van der Waals surface area contributed by atoms with Gasteiger partial charge >= 0.3 is 0 Å². The molecule has 2 aliphatic carbocycles. The van der Waals surface area contributed by atoms with Crippen LogP contribution in [0.3, 0.4) is 0 Å². The number of fused-ring (bicyclic) bond motifs is 2. The lowest BCUT2D eigenvalue weighted by atomic mass is 9.69. The highest BCUT2D eigenvalue weighted by molar-refractivity contribution is 5.08. The maximum absolute atomic E-state index is 10.2. The summed E-state index contributed by atoms with van der Waals surface area (Å²) in [4.78, 5) is 0. The maximum Gasteiger partial charge on any atom is 0.172 e. The van der Waals surface area contributed by atoms with Crippen molar-refractivity contribution in [2.75, 3.05) is 13.2 Å².